The van der Waals surface area contributed by atoms with Crippen LogP contribution in [0, 0.1) is 0 Å². The molecule has 6 nitrogen and oxygen atoms in total. The molecule has 0 amide bonds. The van der Waals surface area contributed by atoms with Gasteiger partial charge in [-0.3, -0.25) is 0 Å². The molecule has 0 spiro atoms. The molecule has 1 heterocycles. The number of phenolic OH excluding ortho intramolecular Hbond substituents is 2. The van der Waals surface area contributed by atoms with Gasteiger partial charge in [-0.2, -0.15) is 4.98 Å². The van der Waals surface area contributed by atoms with Crippen molar-refractivity contribution < 1.29 is 14.7 Å². The zero-order valence-electron chi connectivity index (χ0n) is 9.13. The summed E-state index contributed by atoms with van der Waals surface area (Å²) in [7, 11) is 0. The SMILES string of the molecule is Oc1ccc(CNCCc2ncno2)c(O)c1. The van der Waals surface area contributed by atoms with Gasteiger partial charge in [0.15, 0.2) is 6.33 Å². The van der Waals surface area contributed by atoms with Crippen LogP contribution in [0.5, 0.6) is 11.5 Å². The summed E-state index contributed by atoms with van der Waals surface area (Å²) in [6, 6.07) is 4.52. The summed E-state index contributed by atoms with van der Waals surface area (Å²) in [6.45, 7) is 1.18. The lowest BCUT2D eigenvalue weighted by Crippen LogP contribution is -2.16. The molecule has 0 saturated carbocycles. The predicted octanol–water partition coefficient (Wildman–Crippen LogP) is 0.813. The molecular weight excluding hydrogens is 222 g/mol. The zero-order valence-corrected chi connectivity index (χ0v) is 9.13. The van der Waals surface area contributed by atoms with E-state index in [1.165, 1.54) is 18.5 Å². The summed E-state index contributed by atoms with van der Waals surface area (Å²) < 4.78 is 4.84. The lowest BCUT2D eigenvalue weighted by atomic mass is 10.2. The molecule has 1 aromatic carbocycles. The number of benzene rings is 1. The van der Waals surface area contributed by atoms with E-state index in [-0.39, 0.29) is 11.5 Å². The molecule has 0 bridgehead atoms. The van der Waals surface area contributed by atoms with Crippen LogP contribution in [-0.4, -0.2) is 26.9 Å². The van der Waals surface area contributed by atoms with E-state index in [1.54, 1.807) is 6.07 Å². The summed E-state index contributed by atoms with van der Waals surface area (Å²) in [5.41, 5.74) is 0.730. The van der Waals surface area contributed by atoms with Gasteiger partial charge in [-0.1, -0.05) is 11.2 Å². The van der Waals surface area contributed by atoms with Gasteiger partial charge < -0.3 is 20.1 Å². The highest BCUT2D eigenvalue weighted by atomic mass is 16.5. The lowest BCUT2D eigenvalue weighted by Gasteiger charge is -2.06. The van der Waals surface area contributed by atoms with Crippen molar-refractivity contribution in [3.05, 3.63) is 36.0 Å². The first-order valence-electron chi connectivity index (χ1n) is 5.23. The Bertz CT molecular complexity index is 471. The van der Waals surface area contributed by atoms with Crippen LogP contribution in [0.2, 0.25) is 0 Å². The first kappa shape index (κ1) is 11.4. The molecule has 0 atom stereocenters. The summed E-state index contributed by atoms with van der Waals surface area (Å²) in [6.07, 6.45) is 2.00. The summed E-state index contributed by atoms with van der Waals surface area (Å²) in [5, 5.41) is 25.3. The first-order chi connectivity index (χ1) is 8.25. The number of hydrogen-bond donors (Lipinski definition) is 3. The normalized spacial score (nSPS) is 10.6. The molecule has 1 aromatic heterocycles. The maximum absolute atomic E-state index is 9.53. The average Bonchev–Trinajstić information content (AvgIpc) is 2.79. The van der Waals surface area contributed by atoms with Crippen molar-refractivity contribution in [2.45, 2.75) is 13.0 Å². The Morgan fingerprint density at radius 3 is 2.88 bits per heavy atom. The second kappa shape index (κ2) is 5.31. The Balaban J connectivity index is 1.78. The van der Waals surface area contributed by atoms with Crippen molar-refractivity contribution in [3.8, 4) is 11.5 Å². The fourth-order valence-electron chi connectivity index (χ4n) is 1.43. The monoisotopic (exact) mass is 235 g/mol. The Morgan fingerprint density at radius 1 is 1.29 bits per heavy atom. The van der Waals surface area contributed by atoms with Gasteiger partial charge in [-0.15, -0.1) is 0 Å². The maximum Gasteiger partial charge on any atom is 0.227 e. The van der Waals surface area contributed by atoms with Crippen molar-refractivity contribution in [3.63, 3.8) is 0 Å². The Morgan fingerprint density at radius 2 is 2.18 bits per heavy atom. The van der Waals surface area contributed by atoms with Crippen molar-refractivity contribution in [2.24, 2.45) is 0 Å². The molecule has 0 fully saturated rings. The molecular formula is C11H13N3O3. The maximum atomic E-state index is 9.53. The van der Waals surface area contributed by atoms with Gasteiger partial charge in [0.1, 0.15) is 11.5 Å². The van der Waals surface area contributed by atoms with Crippen LogP contribution in [0.3, 0.4) is 0 Å². The van der Waals surface area contributed by atoms with Crippen LogP contribution >= 0.6 is 0 Å². The van der Waals surface area contributed by atoms with E-state index in [0.717, 1.165) is 5.56 Å². The van der Waals surface area contributed by atoms with Crippen LogP contribution in [0.1, 0.15) is 11.5 Å². The fourth-order valence-corrected chi connectivity index (χ4v) is 1.43. The Labute approximate surface area is 97.9 Å². The smallest absolute Gasteiger partial charge is 0.227 e. The minimum Gasteiger partial charge on any atom is -0.508 e. The molecule has 2 aromatic rings. The van der Waals surface area contributed by atoms with Crippen LogP contribution in [0.25, 0.3) is 0 Å². The molecule has 17 heavy (non-hydrogen) atoms. The van der Waals surface area contributed by atoms with Gasteiger partial charge in [0.05, 0.1) is 0 Å². The molecule has 0 radical (unpaired) electrons. The average molecular weight is 235 g/mol. The molecule has 0 aliphatic carbocycles. The summed E-state index contributed by atoms with van der Waals surface area (Å²) in [5.74, 6) is 0.708. The van der Waals surface area contributed by atoms with Gasteiger partial charge in [0.25, 0.3) is 0 Å². The quantitative estimate of drug-likeness (QED) is 0.664. The molecule has 0 aliphatic rings. The zero-order chi connectivity index (χ0) is 12.1. The highest BCUT2D eigenvalue weighted by Crippen LogP contribution is 2.22. The van der Waals surface area contributed by atoms with E-state index in [4.69, 9.17) is 9.63 Å². The van der Waals surface area contributed by atoms with E-state index < -0.39 is 0 Å². The van der Waals surface area contributed by atoms with Crippen molar-refractivity contribution in [1.82, 2.24) is 15.5 Å². The largest absolute Gasteiger partial charge is 0.508 e. The van der Waals surface area contributed by atoms with Gasteiger partial charge in [-0.05, 0) is 6.07 Å². The number of nitrogens with zero attached hydrogens (tertiary/aromatic N) is 2. The first-order valence-corrected chi connectivity index (χ1v) is 5.23. The molecule has 0 unspecified atom stereocenters. The topological polar surface area (TPSA) is 91.4 Å². The highest BCUT2D eigenvalue weighted by molar-refractivity contribution is 5.38. The van der Waals surface area contributed by atoms with Crippen LogP contribution in [0.15, 0.2) is 29.0 Å². The molecule has 3 N–H and O–H groups in total. The van der Waals surface area contributed by atoms with Crippen LogP contribution in [-0.2, 0) is 13.0 Å². The third-order valence-corrected chi connectivity index (χ3v) is 2.31. The molecule has 90 valence electrons. The third-order valence-electron chi connectivity index (χ3n) is 2.31. The van der Waals surface area contributed by atoms with E-state index in [0.29, 0.717) is 25.4 Å². The second-order valence-corrected chi connectivity index (χ2v) is 3.57. The van der Waals surface area contributed by atoms with Crippen molar-refractivity contribution in [2.75, 3.05) is 6.54 Å². The number of rotatable bonds is 5. The van der Waals surface area contributed by atoms with Gasteiger partial charge >= 0.3 is 0 Å². The lowest BCUT2D eigenvalue weighted by molar-refractivity contribution is 0.374. The molecule has 2 rings (SSSR count). The van der Waals surface area contributed by atoms with Crippen LogP contribution in [0.4, 0.5) is 0 Å². The molecule has 0 aliphatic heterocycles. The molecule has 6 heteroatoms. The van der Waals surface area contributed by atoms with Gasteiger partial charge in [0, 0.05) is 31.1 Å². The van der Waals surface area contributed by atoms with Crippen molar-refractivity contribution >= 4 is 0 Å². The third kappa shape index (κ3) is 3.18. The van der Waals surface area contributed by atoms with Gasteiger partial charge in [-0.25, -0.2) is 0 Å². The number of hydrogen-bond acceptors (Lipinski definition) is 6. The predicted molar refractivity (Wildman–Crippen MR) is 59.5 cm³/mol. The highest BCUT2D eigenvalue weighted by Gasteiger charge is 2.02. The summed E-state index contributed by atoms with van der Waals surface area (Å²) in [4.78, 5) is 3.89. The number of aromatic hydroxyl groups is 2. The van der Waals surface area contributed by atoms with E-state index in [1.807, 2.05) is 0 Å². The standard InChI is InChI=1S/C11H13N3O3/c15-9-2-1-8(10(16)5-9)6-12-4-3-11-13-7-14-17-11/h1-2,5,7,12,15-16H,3-4,6H2. The number of aromatic nitrogens is 2. The van der Waals surface area contributed by atoms with E-state index >= 15 is 0 Å². The Kier molecular flexibility index (Phi) is 3.56. The second-order valence-electron chi connectivity index (χ2n) is 3.57. The van der Waals surface area contributed by atoms with E-state index in [2.05, 4.69) is 15.5 Å². The summed E-state index contributed by atoms with van der Waals surface area (Å²) >= 11 is 0. The minimum atomic E-state index is 0.0529. The number of phenols is 2. The molecule has 0 saturated heterocycles. The van der Waals surface area contributed by atoms with Crippen molar-refractivity contribution in [1.29, 1.82) is 0 Å². The van der Waals surface area contributed by atoms with Gasteiger partial charge in [0.2, 0.25) is 5.89 Å². The minimum absolute atomic E-state index is 0.0529. The number of nitrogens with one attached hydrogen (secondary N) is 1. The Hall–Kier alpha value is -2.08. The van der Waals surface area contributed by atoms with Crippen LogP contribution < -0.4 is 5.32 Å². The van der Waals surface area contributed by atoms with E-state index in [9.17, 15) is 5.11 Å². The fraction of sp³-hybridized carbons (Fsp3) is 0.273.